The van der Waals surface area contributed by atoms with E-state index in [1.807, 2.05) is 89.6 Å². The summed E-state index contributed by atoms with van der Waals surface area (Å²) in [4.78, 5) is 24.5. The molecule has 6 heteroatoms. The van der Waals surface area contributed by atoms with Gasteiger partial charge in [0.05, 0.1) is 29.9 Å². The summed E-state index contributed by atoms with van der Waals surface area (Å²) in [5.41, 5.74) is 5.48. The quantitative estimate of drug-likeness (QED) is 0.267. The number of nitrogens with one attached hydrogen (secondary N) is 1. The van der Waals surface area contributed by atoms with Gasteiger partial charge in [0.1, 0.15) is 0 Å². The molecule has 1 aromatic heterocycles. The van der Waals surface area contributed by atoms with Crippen LogP contribution in [0.3, 0.4) is 0 Å². The fraction of sp³-hybridized carbons (Fsp3) is 0.129. The average molecular weight is 490 g/mol. The second-order valence-corrected chi connectivity index (χ2v) is 8.97. The molecule has 0 radical (unpaired) electrons. The van der Waals surface area contributed by atoms with Crippen molar-refractivity contribution in [2.24, 2.45) is 0 Å². The van der Waals surface area contributed by atoms with E-state index in [4.69, 9.17) is 0 Å². The number of aromatic nitrogens is 2. The molecule has 0 spiro atoms. The highest BCUT2D eigenvalue weighted by molar-refractivity contribution is 5.98. The van der Waals surface area contributed by atoms with E-state index in [1.165, 1.54) is 0 Å². The molecule has 6 nitrogen and oxygen atoms in total. The number of hydrogen-bond acceptors (Lipinski definition) is 3. The highest BCUT2D eigenvalue weighted by Gasteiger charge is 2.15. The van der Waals surface area contributed by atoms with Gasteiger partial charge >= 0.3 is 5.97 Å². The van der Waals surface area contributed by atoms with E-state index in [1.54, 1.807) is 18.3 Å². The third kappa shape index (κ3) is 5.14. The van der Waals surface area contributed by atoms with Crippen molar-refractivity contribution in [1.29, 1.82) is 0 Å². The topological polar surface area (TPSA) is 84.2 Å². The largest absolute Gasteiger partial charge is 0.478 e. The molecule has 1 heterocycles. The standard InChI is InChI=1S/C31H27N3O3/c1-2-28(23-8-4-3-5-9-23)33-30(35)24-16-17-29-25(18-24)19-32-34(29)20-21-12-14-22(15-13-21)26-10-6-7-11-27(26)31(36)37/h3-19,28H,2,20H2,1H3,(H,33,35)(H,36,37). The minimum atomic E-state index is -0.944. The third-order valence-corrected chi connectivity index (χ3v) is 6.57. The lowest BCUT2D eigenvalue weighted by Crippen LogP contribution is -2.28. The maximum absolute atomic E-state index is 13.0. The van der Waals surface area contributed by atoms with Gasteiger partial charge in [-0.1, -0.05) is 79.7 Å². The summed E-state index contributed by atoms with van der Waals surface area (Å²) in [6, 6.07) is 30.4. The predicted octanol–water partition coefficient (Wildman–Crippen LogP) is 6.33. The predicted molar refractivity (Wildman–Crippen MR) is 145 cm³/mol. The summed E-state index contributed by atoms with van der Waals surface area (Å²) in [6.45, 7) is 2.62. The molecule has 0 fully saturated rings. The van der Waals surface area contributed by atoms with E-state index in [9.17, 15) is 14.7 Å². The van der Waals surface area contributed by atoms with Crippen LogP contribution in [0.1, 0.15) is 51.2 Å². The molecule has 5 aromatic rings. The highest BCUT2D eigenvalue weighted by Crippen LogP contribution is 2.25. The van der Waals surface area contributed by atoms with Crippen molar-refractivity contribution < 1.29 is 14.7 Å². The zero-order valence-corrected chi connectivity index (χ0v) is 20.5. The Morgan fingerprint density at radius 2 is 1.65 bits per heavy atom. The Balaban J connectivity index is 1.32. The highest BCUT2D eigenvalue weighted by atomic mass is 16.4. The number of hydrogen-bond donors (Lipinski definition) is 2. The molecule has 1 atom stereocenters. The van der Waals surface area contributed by atoms with Crippen LogP contribution in [0, 0.1) is 0 Å². The molecule has 4 aromatic carbocycles. The van der Waals surface area contributed by atoms with Crippen LogP contribution >= 0.6 is 0 Å². The summed E-state index contributed by atoms with van der Waals surface area (Å²) in [6.07, 6.45) is 2.58. The molecular weight excluding hydrogens is 462 g/mol. The first-order valence-electron chi connectivity index (χ1n) is 12.3. The van der Waals surface area contributed by atoms with E-state index < -0.39 is 5.97 Å². The maximum atomic E-state index is 13.0. The number of rotatable bonds is 8. The van der Waals surface area contributed by atoms with Gasteiger partial charge in [0.25, 0.3) is 5.91 Å². The van der Waals surface area contributed by atoms with Crippen molar-refractivity contribution in [3.8, 4) is 11.1 Å². The molecule has 37 heavy (non-hydrogen) atoms. The zero-order valence-electron chi connectivity index (χ0n) is 20.5. The molecule has 0 aliphatic rings. The van der Waals surface area contributed by atoms with Gasteiger partial charge in [-0.25, -0.2) is 4.79 Å². The van der Waals surface area contributed by atoms with Crippen LogP contribution < -0.4 is 5.32 Å². The van der Waals surface area contributed by atoms with E-state index in [0.29, 0.717) is 17.7 Å². The van der Waals surface area contributed by atoms with Crippen LogP contribution in [0.2, 0.25) is 0 Å². The molecule has 2 N–H and O–H groups in total. The van der Waals surface area contributed by atoms with Crippen LogP contribution in [-0.4, -0.2) is 26.8 Å². The van der Waals surface area contributed by atoms with E-state index in [2.05, 4.69) is 17.3 Å². The molecule has 0 aliphatic heterocycles. The van der Waals surface area contributed by atoms with Crippen LogP contribution in [-0.2, 0) is 6.54 Å². The minimum absolute atomic E-state index is 0.0439. The van der Waals surface area contributed by atoms with Crippen molar-refractivity contribution in [3.05, 3.63) is 126 Å². The SMILES string of the molecule is CCC(NC(=O)c1ccc2c(cnn2Cc2ccc(-c3ccccc3C(=O)O)cc2)c1)c1ccccc1. The van der Waals surface area contributed by atoms with Crippen molar-refractivity contribution >= 4 is 22.8 Å². The molecule has 0 bridgehead atoms. The fourth-order valence-corrected chi connectivity index (χ4v) is 4.59. The number of amides is 1. The fourth-order valence-electron chi connectivity index (χ4n) is 4.59. The van der Waals surface area contributed by atoms with E-state index >= 15 is 0 Å². The molecule has 0 saturated heterocycles. The van der Waals surface area contributed by atoms with Crippen LogP contribution in [0.5, 0.6) is 0 Å². The van der Waals surface area contributed by atoms with Gasteiger partial charge in [-0.15, -0.1) is 0 Å². The Bertz CT molecular complexity index is 1560. The maximum Gasteiger partial charge on any atom is 0.336 e. The van der Waals surface area contributed by atoms with Gasteiger partial charge in [-0.05, 0) is 52.9 Å². The second kappa shape index (κ2) is 10.5. The summed E-state index contributed by atoms with van der Waals surface area (Å²) in [5.74, 6) is -1.05. The Kier molecular flexibility index (Phi) is 6.81. The van der Waals surface area contributed by atoms with E-state index in [0.717, 1.165) is 34.0 Å². The van der Waals surface area contributed by atoms with Crippen molar-refractivity contribution in [3.63, 3.8) is 0 Å². The van der Waals surface area contributed by atoms with Crippen LogP contribution in [0.25, 0.3) is 22.0 Å². The number of fused-ring (bicyclic) bond motifs is 1. The monoisotopic (exact) mass is 489 g/mol. The summed E-state index contributed by atoms with van der Waals surface area (Å²) in [5, 5.41) is 18.1. The third-order valence-electron chi connectivity index (χ3n) is 6.57. The molecule has 0 saturated carbocycles. The van der Waals surface area contributed by atoms with Crippen molar-refractivity contribution in [2.45, 2.75) is 25.9 Å². The van der Waals surface area contributed by atoms with Crippen molar-refractivity contribution in [2.75, 3.05) is 0 Å². The van der Waals surface area contributed by atoms with Gasteiger partial charge < -0.3 is 10.4 Å². The lowest BCUT2D eigenvalue weighted by atomic mass is 9.99. The van der Waals surface area contributed by atoms with Gasteiger partial charge in [0.15, 0.2) is 0 Å². The summed E-state index contributed by atoms with van der Waals surface area (Å²) in [7, 11) is 0. The van der Waals surface area contributed by atoms with Gasteiger partial charge in [-0.2, -0.15) is 5.10 Å². The Morgan fingerprint density at radius 3 is 2.38 bits per heavy atom. The van der Waals surface area contributed by atoms with E-state index in [-0.39, 0.29) is 17.5 Å². The Morgan fingerprint density at radius 1 is 0.919 bits per heavy atom. The lowest BCUT2D eigenvalue weighted by Gasteiger charge is -2.17. The smallest absolute Gasteiger partial charge is 0.336 e. The van der Waals surface area contributed by atoms with Gasteiger partial charge in [0, 0.05) is 10.9 Å². The number of nitrogens with zero attached hydrogens (tertiary/aromatic N) is 2. The number of carboxylic acids is 1. The number of benzene rings is 4. The van der Waals surface area contributed by atoms with Gasteiger partial charge in [-0.3, -0.25) is 9.48 Å². The second-order valence-electron chi connectivity index (χ2n) is 8.97. The molecular formula is C31H27N3O3. The first kappa shape index (κ1) is 24.0. The Hall–Kier alpha value is -4.71. The normalized spacial score (nSPS) is 11.8. The molecule has 184 valence electrons. The summed E-state index contributed by atoms with van der Waals surface area (Å²) < 4.78 is 1.90. The number of carbonyl (C=O) groups is 2. The lowest BCUT2D eigenvalue weighted by molar-refractivity contribution is 0.0697. The first-order chi connectivity index (χ1) is 18.0. The van der Waals surface area contributed by atoms with Crippen molar-refractivity contribution in [1.82, 2.24) is 15.1 Å². The molecule has 1 unspecified atom stereocenters. The molecule has 0 aliphatic carbocycles. The number of carboxylic acid groups (broad SMARTS) is 1. The minimum Gasteiger partial charge on any atom is -0.478 e. The first-order valence-corrected chi connectivity index (χ1v) is 12.3. The van der Waals surface area contributed by atoms with Crippen LogP contribution in [0.4, 0.5) is 0 Å². The summed E-state index contributed by atoms with van der Waals surface area (Å²) >= 11 is 0. The average Bonchev–Trinajstić information content (AvgIpc) is 3.34. The number of aromatic carboxylic acids is 1. The Labute approximate surface area is 215 Å². The zero-order chi connectivity index (χ0) is 25.8. The molecule has 1 amide bonds. The molecule has 5 rings (SSSR count). The van der Waals surface area contributed by atoms with Gasteiger partial charge in [0.2, 0.25) is 0 Å². The van der Waals surface area contributed by atoms with Crippen LogP contribution in [0.15, 0.2) is 103 Å². The number of carbonyl (C=O) groups excluding carboxylic acids is 1.